The van der Waals surface area contributed by atoms with E-state index >= 15 is 0 Å². The number of anilines is 1. The summed E-state index contributed by atoms with van der Waals surface area (Å²) >= 11 is 0. The van der Waals surface area contributed by atoms with Crippen LogP contribution in [0.3, 0.4) is 0 Å². The zero-order chi connectivity index (χ0) is 13.0. The number of nitrogens with one attached hydrogen (secondary N) is 1. The highest BCUT2D eigenvalue weighted by molar-refractivity contribution is 5.95. The highest BCUT2D eigenvalue weighted by Gasteiger charge is 2.10. The van der Waals surface area contributed by atoms with Gasteiger partial charge in [0.25, 0.3) is 0 Å². The Bertz CT molecular complexity index is 425. The second kappa shape index (κ2) is 5.87. The summed E-state index contributed by atoms with van der Waals surface area (Å²) in [5, 5.41) is 3.34. The number of hydrogen-bond donors (Lipinski definition) is 2. The Balaban J connectivity index is 1.88. The summed E-state index contributed by atoms with van der Waals surface area (Å²) in [6.07, 6.45) is 2.63. The largest absolute Gasteiger partial charge is 0.384 e. The van der Waals surface area contributed by atoms with Crippen LogP contribution in [0.2, 0.25) is 0 Å². The maximum absolute atomic E-state index is 11.2. The molecule has 0 aliphatic carbocycles. The van der Waals surface area contributed by atoms with Gasteiger partial charge < -0.3 is 16.0 Å². The van der Waals surface area contributed by atoms with Gasteiger partial charge in [0.15, 0.2) is 0 Å². The molecule has 0 saturated carbocycles. The topological polar surface area (TPSA) is 58.4 Å². The summed E-state index contributed by atoms with van der Waals surface area (Å²) in [6.45, 7) is 6.28. The molecule has 0 unspecified atom stereocenters. The number of rotatable bonds is 5. The Morgan fingerprint density at radius 1 is 1.39 bits per heavy atom. The van der Waals surface area contributed by atoms with Crippen LogP contribution in [0, 0.1) is 6.92 Å². The molecular formula is C14H21N3O. The fourth-order valence-corrected chi connectivity index (χ4v) is 2.36. The van der Waals surface area contributed by atoms with E-state index < -0.39 is 0 Å². The molecule has 1 aromatic carbocycles. The average molecular weight is 247 g/mol. The third-order valence-corrected chi connectivity index (χ3v) is 3.46. The van der Waals surface area contributed by atoms with Crippen molar-refractivity contribution < 1.29 is 4.79 Å². The number of nitrogens with zero attached hydrogens (tertiary/aromatic N) is 1. The molecule has 0 bridgehead atoms. The highest BCUT2D eigenvalue weighted by atomic mass is 16.1. The van der Waals surface area contributed by atoms with E-state index in [9.17, 15) is 4.79 Å². The number of amides is 1. The number of aryl methyl sites for hydroxylation is 1. The van der Waals surface area contributed by atoms with E-state index in [2.05, 4.69) is 10.2 Å². The standard InChI is InChI=1S/C14H21N3O/c1-11-4-5-12(10-13(11)14(15)18)16-6-9-17-7-2-3-8-17/h4-5,10,16H,2-3,6-9H2,1H3,(H2,15,18). The summed E-state index contributed by atoms with van der Waals surface area (Å²) in [5.41, 5.74) is 7.83. The van der Waals surface area contributed by atoms with Crippen molar-refractivity contribution in [3.63, 3.8) is 0 Å². The third kappa shape index (κ3) is 3.23. The first kappa shape index (κ1) is 12.9. The van der Waals surface area contributed by atoms with E-state index in [0.717, 1.165) is 24.3 Å². The maximum Gasteiger partial charge on any atom is 0.249 e. The van der Waals surface area contributed by atoms with Crippen molar-refractivity contribution in [2.24, 2.45) is 5.73 Å². The minimum Gasteiger partial charge on any atom is -0.384 e. The van der Waals surface area contributed by atoms with Gasteiger partial charge in [-0.1, -0.05) is 6.07 Å². The molecule has 1 fully saturated rings. The summed E-state index contributed by atoms with van der Waals surface area (Å²) < 4.78 is 0. The SMILES string of the molecule is Cc1ccc(NCCN2CCCC2)cc1C(N)=O. The average Bonchev–Trinajstić information content (AvgIpc) is 2.84. The first-order valence-electron chi connectivity index (χ1n) is 6.53. The van der Waals surface area contributed by atoms with Crippen molar-refractivity contribution in [2.75, 3.05) is 31.5 Å². The third-order valence-electron chi connectivity index (χ3n) is 3.46. The number of likely N-dealkylation sites (tertiary alicyclic amines) is 1. The Kier molecular flexibility index (Phi) is 4.20. The molecule has 4 heteroatoms. The molecule has 1 amide bonds. The smallest absolute Gasteiger partial charge is 0.249 e. The van der Waals surface area contributed by atoms with Crippen LogP contribution in [0.1, 0.15) is 28.8 Å². The van der Waals surface area contributed by atoms with E-state index in [1.807, 2.05) is 25.1 Å². The van der Waals surface area contributed by atoms with E-state index in [4.69, 9.17) is 5.73 Å². The lowest BCUT2D eigenvalue weighted by Gasteiger charge is -2.15. The summed E-state index contributed by atoms with van der Waals surface area (Å²) in [5.74, 6) is -0.365. The van der Waals surface area contributed by atoms with Crippen LogP contribution in [0.4, 0.5) is 5.69 Å². The Morgan fingerprint density at radius 2 is 2.11 bits per heavy atom. The molecule has 2 rings (SSSR count). The first-order chi connectivity index (χ1) is 8.66. The molecule has 1 aliphatic rings. The van der Waals surface area contributed by atoms with Crippen molar-refractivity contribution in [3.8, 4) is 0 Å². The Morgan fingerprint density at radius 3 is 2.78 bits per heavy atom. The number of carbonyl (C=O) groups is 1. The van der Waals surface area contributed by atoms with E-state index in [-0.39, 0.29) is 5.91 Å². The van der Waals surface area contributed by atoms with Crippen LogP contribution in [0.15, 0.2) is 18.2 Å². The summed E-state index contributed by atoms with van der Waals surface area (Å²) in [4.78, 5) is 13.7. The number of hydrogen-bond acceptors (Lipinski definition) is 3. The predicted molar refractivity (Wildman–Crippen MR) is 73.9 cm³/mol. The number of nitrogens with two attached hydrogens (primary N) is 1. The van der Waals surface area contributed by atoms with Crippen LogP contribution in [-0.2, 0) is 0 Å². The molecule has 0 atom stereocenters. The molecule has 0 spiro atoms. The minimum atomic E-state index is -0.365. The molecule has 1 aromatic rings. The van der Waals surface area contributed by atoms with Gasteiger partial charge in [0.2, 0.25) is 5.91 Å². The second-order valence-corrected chi connectivity index (χ2v) is 4.87. The monoisotopic (exact) mass is 247 g/mol. The van der Waals surface area contributed by atoms with Crippen LogP contribution in [0.5, 0.6) is 0 Å². The quantitative estimate of drug-likeness (QED) is 0.831. The van der Waals surface area contributed by atoms with Crippen molar-refractivity contribution >= 4 is 11.6 Å². The number of benzene rings is 1. The molecule has 0 radical (unpaired) electrons. The fourth-order valence-electron chi connectivity index (χ4n) is 2.36. The number of carbonyl (C=O) groups excluding carboxylic acids is 1. The molecule has 1 heterocycles. The molecule has 18 heavy (non-hydrogen) atoms. The number of primary amides is 1. The van der Waals surface area contributed by atoms with Crippen molar-refractivity contribution in [1.29, 1.82) is 0 Å². The zero-order valence-corrected chi connectivity index (χ0v) is 10.9. The van der Waals surface area contributed by atoms with Gasteiger partial charge in [-0.2, -0.15) is 0 Å². The second-order valence-electron chi connectivity index (χ2n) is 4.87. The summed E-state index contributed by atoms with van der Waals surface area (Å²) in [6, 6.07) is 5.76. The minimum absolute atomic E-state index is 0.365. The molecular weight excluding hydrogens is 226 g/mol. The normalized spacial score (nSPS) is 15.8. The highest BCUT2D eigenvalue weighted by Crippen LogP contribution is 2.15. The van der Waals surface area contributed by atoms with Crippen molar-refractivity contribution in [2.45, 2.75) is 19.8 Å². The van der Waals surface area contributed by atoms with Crippen molar-refractivity contribution in [1.82, 2.24) is 4.90 Å². The van der Waals surface area contributed by atoms with Gasteiger partial charge in [0.05, 0.1) is 0 Å². The van der Waals surface area contributed by atoms with Crippen molar-refractivity contribution in [3.05, 3.63) is 29.3 Å². The predicted octanol–water partition coefficient (Wildman–Crippen LogP) is 1.60. The maximum atomic E-state index is 11.2. The van der Waals surface area contributed by atoms with Crippen LogP contribution >= 0.6 is 0 Å². The lowest BCUT2D eigenvalue weighted by Crippen LogP contribution is -2.26. The van der Waals surface area contributed by atoms with Gasteiger partial charge in [0, 0.05) is 24.3 Å². The molecule has 0 aromatic heterocycles. The van der Waals surface area contributed by atoms with Gasteiger partial charge >= 0.3 is 0 Å². The Labute approximate surface area is 108 Å². The van der Waals surface area contributed by atoms with Gasteiger partial charge in [0.1, 0.15) is 0 Å². The molecule has 98 valence electrons. The van der Waals surface area contributed by atoms with Gasteiger partial charge in [-0.25, -0.2) is 0 Å². The summed E-state index contributed by atoms with van der Waals surface area (Å²) in [7, 11) is 0. The lowest BCUT2D eigenvalue weighted by molar-refractivity contribution is 0.1000. The molecule has 4 nitrogen and oxygen atoms in total. The fraction of sp³-hybridized carbons (Fsp3) is 0.500. The van der Waals surface area contributed by atoms with Gasteiger partial charge in [-0.15, -0.1) is 0 Å². The molecule has 1 saturated heterocycles. The lowest BCUT2D eigenvalue weighted by atomic mass is 10.1. The van der Waals surface area contributed by atoms with Crippen LogP contribution in [0.25, 0.3) is 0 Å². The zero-order valence-electron chi connectivity index (χ0n) is 10.9. The van der Waals surface area contributed by atoms with Crippen LogP contribution in [-0.4, -0.2) is 37.0 Å². The molecule has 1 aliphatic heterocycles. The molecule has 3 N–H and O–H groups in total. The van der Waals surface area contributed by atoms with E-state index in [1.165, 1.54) is 25.9 Å². The van der Waals surface area contributed by atoms with Gasteiger partial charge in [-0.05, 0) is 50.6 Å². The van der Waals surface area contributed by atoms with E-state index in [0.29, 0.717) is 5.56 Å². The van der Waals surface area contributed by atoms with E-state index in [1.54, 1.807) is 0 Å². The van der Waals surface area contributed by atoms with Crippen LogP contribution < -0.4 is 11.1 Å². The first-order valence-corrected chi connectivity index (χ1v) is 6.53. The van der Waals surface area contributed by atoms with Gasteiger partial charge in [-0.3, -0.25) is 4.79 Å². The Hall–Kier alpha value is -1.55.